The molecule has 0 aliphatic carbocycles. The second kappa shape index (κ2) is 10.3. The number of halogens is 2. The SMILES string of the molecule is CCc1ccc(OCC(=O)NNC(=O)COc2ccc(C)cc2Br)c(Br)c1. The number of aryl methyl sites for hydroxylation is 2. The number of hydrazine groups is 1. The lowest BCUT2D eigenvalue weighted by atomic mass is 10.2. The van der Waals surface area contributed by atoms with Gasteiger partial charge in [0.15, 0.2) is 13.2 Å². The summed E-state index contributed by atoms with van der Waals surface area (Å²) in [5, 5.41) is 0. The van der Waals surface area contributed by atoms with Gasteiger partial charge in [-0.1, -0.05) is 19.1 Å². The first-order chi connectivity index (χ1) is 12.9. The Bertz CT molecular complexity index is 827. The van der Waals surface area contributed by atoms with Crippen LogP contribution in [0.3, 0.4) is 0 Å². The fourth-order valence-corrected chi connectivity index (χ4v) is 3.25. The van der Waals surface area contributed by atoms with Crippen LogP contribution in [0.25, 0.3) is 0 Å². The van der Waals surface area contributed by atoms with Crippen molar-refractivity contribution in [3.8, 4) is 11.5 Å². The third-order valence-electron chi connectivity index (χ3n) is 3.55. The highest BCUT2D eigenvalue weighted by Gasteiger charge is 2.09. The highest BCUT2D eigenvalue weighted by atomic mass is 79.9. The molecule has 0 radical (unpaired) electrons. The maximum absolute atomic E-state index is 11.8. The summed E-state index contributed by atoms with van der Waals surface area (Å²) in [5.41, 5.74) is 6.80. The van der Waals surface area contributed by atoms with E-state index in [1.807, 2.05) is 31.2 Å². The molecule has 0 saturated carbocycles. The zero-order valence-electron chi connectivity index (χ0n) is 15.0. The van der Waals surface area contributed by atoms with E-state index >= 15 is 0 Å². The number of carbonyl (C=O) groups excluding carboxylic acids is 2. The molecule has 0 unspecified atom stereocenters. The number of hydrogen-bond donors (Lipinski definition) is 2. The van der Waals surface area contributed by atoms with E-state index in [2.05, 4.69) is 49.6 Å². The van der Waals surface area contributed by atoms with Crippen LogP contribution in [0.15, 0.2) is 45.3 Å². The Morgan fingerprint density at radius 1 is 0.889 bits per heavy atom. The van der Waals surface area contributed by atoms with Crippen molar-refractivity contribution in [1.29, 1.82) is 0 Å². The van der Waals surface area contributed by atoms with Gasteiger partial charge in [-0.3, -0.25) is 20.4 Å². The minimum atomic E-state index is -0.482. The van der Waals surface area contributed by atoms with Crippen molar-refractivity contribution in [3.05, 3.63) is 56.5 Å². The first kappa shape index (κ1) is 21.2. The summed E-state index contributed by atoms with van der Waals surface area (Å²) in [4.78, 5) is 23.6. The summed E-state index contributed by atoms with van der Waals surface area (Å²) in [5.74, 6) is 0.141. The summed E-state index contributed by atoms with van der Waals surface area (Å²) in [6, 6.07) is 11.2. The average molecular weight is 500 g/mol. The van der Waals surface area contributed by atoms with Gasteiger partial charge in [0.05, 0.1) is 8.95 Å². The lowest BCUT2D eigenvalue weighted by Crippen LogP contribution is -2.45. The Labute approximate surface area is 174 Å². The van der Waals surface area contributed by atoms with Crippen molar-refractivity contribution in [2.24, 2.45) is 0 Å². The first-order valence-electron chi connectivity index (χ1n) is 8.27. The predicted octanol–water partition coefficient (Wildman–Crippen LogP) is 3.69. The van der Waals surface area contributed by atoms with E-state index in [4.69, 9.17) is 9.47 Å². The van der Waals surface area contributed by atoms with E-state index < -0.39 is 11.8 Å². The van der Waals surface area contributed by atoms with Crippen LogP contribution in [0, 0.1) is 6.92 Å². The lowest BCUT2D eigenvalue weighted by Gasteiger charge is -2.11. The molecule has 0 spiro atoms. The second-order valence-corrected chi connectivity index (χ2v) is 7.43. The van der Waals surface area contributed by atoms with Crippen LogP contribution in [-0.2, 0) is 16.0 Å². The maximum Gasteiger partial charge on any atom is 0.276 e. The molecular weight excluding hydrogens is 480 g/mol. The lowest BCUT2D eigenvalue weighted by molar-refractivity contribution is -0.131. The number of amides is 2. The van der Waals surface area contributed by atoms with Crippen LogP contribution in [0.4, 0.5) is 0 Å². The van der Waals surface area contributed by atoms with Gasteiger partial charge < -0.3 is 9.47 Å². The minimum Gasteiger partial charge on any atom is -0.483 e. The molecule has 0 heterocycles. The molecule has 0 aliphatic heterocycles. The molecule has 27 heavy (non-hydrogen) atoms. The van der Waals surface area contributed by atoms with Gasteiger partial charge in [-0.15, -0.1) is 0 Å². The third kappa shape index (κ3) is 6.88. The molecule has 0 fully saturated rings. The standard InChI is InChI=1S/C19H20Br2N2O4/c1-3-13-5-7-17(15(21)9-13)27-11-19(25)23-22-18(24)10-26-16-6-4-12(2)8-14(16)20/h4-9H,3,10-11H2,1-2H3,(H,22,24)(H,23,25). The third-order valence-corrected chi connectivity index (χ3v) is 4.79. The summed E-state index contributed by atoms with van der Waals surface area (Å²) < 4.78 is 12.4. The predicted molar refractivity (Wildman–Crippen MR) is 110 cm³/mol. The number of benzene rings is 2. The van der Waals surface area contributed by atoms with Gasteiger partial charge in [0.25, 0.3) is 11.8 Å². The van der Waals surface area contributed by atoms with Crippen LogP contribution in [0.1, 0.15) is 18.1 Å². The maximum atomic E-state index is 11.8. The van der Waals surface area contributed by atoms with Crippen LogP contribution in [0.5, 0.6) is 11.5 Å². The molecule has 2 rings (SSSR count). The first-order valence-corrected chi connectivity index (χ1v) is 9.85. The summed E-state index contributed by atoms with van der Waals surface area (Å²) in [6.45, 7) is 3.55. The molecule has 8 heteroatoms. The van der Waals surface area contributed by atoms with Crippen molar-refractivity contribution in [3.63, 3.8) is 0 Å². The topological polar surface area (TPSA) is 76.7 Å². The zero-order valence-corrected chi connectivity index (χ0v) is 18.1. The van der Waals surface area contributed by atoms with Crippen molar-refractivity contribution in [1.82, 2.24) is 10.9 Å². The highest BCUT2D eigenvalue weighted by molar-refractivity contribution is 9.10. The fourth-order valence-electron chi connectivity index (χ4n) is 2.10. The van der Waals surface area contributed by atoms with Gasteiger partial charge >= 0.3 is 0 Å². The second-order valence-electron chi connectivity index (χ2n) is 5.73. The van der Waals surface area contributed by atoms with E-state index in [1.165, 1.54) is 0 Å². The van der Waals surface area contributed by atoms with Crippen LogP contribution < -0.4 is 20.3 Å². The van der Waals surface area contributed by atoms with Crippen LogP contribution in [-0.4, -0.2) is 25.0 Å². The summed E-state index contributed by atoms with van der Waals surface area (Å²) in [6.07, 6.45) is 0.909. The Morgan fingerprint density at radius 2 is 1.41 bits per heavy atom. The number of nitrogens with one attached hydrogen (secondary N) is 2. The highest BCUT2D eigenvalue weighted by Crippen LogP contribution is 2.26. The van der Waals surface area contributed by atoms with E-state index in [0.717, 1.165) is 26.5 Å². The Hall–Kier alpha value is -2.06. The average Bonchev–Trinajstić information content (AvgIpc) is 2.64. The van der Waals surface area contributed by atoms with E-state index in [-0.39, 0.29) is 13.2 Å². The number of hydrogen-bond acceptors (Lipinski definition) is 4. The minimum absolute atomic E-state index is 0.227. The van der Waals surface area contributed by atoms with Gasteiger partial charge in [0.2, 0.25) is 0 Å². The smallest absolute Gasteiger partial charge is 0.276 e. The fraction of sp³-hybridized carbons (Fsp3) is 0.263. The van der Waals surface area contributed by atoms with Crippen molar-refractivity contribution in [2.75, 3.05) is 13.2 Å². The molecule has 2 amide bonds. The van der Waals surface area contributed by atoms with E-state index in [1.54, 1.807) is 12.1 Å². The van der Waals surface area contributed by atoms with Gasteiger partial charge in [0.1, 0.15) is 11.5 Å². The largest absolute Gasteiger partial charge is 0.483 e. The monoisotopic (exact) mass is 498 g/mol. The molecule has 0 aromatic heterocycles. The van der Waals surface area contributed by atoms with E-state index in [0.29, 0.717) is 11.5 Å². The van der Waals surface area contributed by atoms with Gasteiger partial charge in [0, 0.05) is 0 Å². The Balaban J connectivity index is 1.72. The molecule has 2 aromatic rings. The number of carbonyl (C=O) groups is 2. The molecule has 2 N–H and O–H groups in total. The number of rotatable bonds is 7. The van der Waals surface area contributed by atoms with Crippen LogP contribution in [0.2, 0.25) is 0 Å². The zero-order chi connectivity index (χ0) is 19.8. The van der Waals surface area contributed by atoms with E-state index in [9.17, 15) is 9.59 Å². The molecule has 6 nitrogen and oxygen atoms in total. The van der Waals surface area contributed by atoms with Crippen molar-refractivity contribution >= 4 is 43.7 Å². The van der Waals surface area contributed by atoms with Gasteiger partial charge in [-0.2, -0.15) is 0 Å². The van der Waals surface area contributed by atoms with Gasteiger partial charge in [-0.05, 0) is 80.6 Å². The molecular formula is C19H20Br2N2O4. The quantitative estimate of drug-likeness (QED) is 0.569. The Morgan fingerprint density at radius 3 is 1.89 bits per heavy atom. The molecule has 0 aliphatic rings. The summed E-state index contributed by atoms with van der Waals surface area (Å²) in [7, 11) is 0. The van der Waals surface area contributed by atoms with Crippen molar-refractivity contribution < 1.29 is 19.1 Å². The molecule has 0 atom stereocenters. The molecule has 2 aromatic carbocycles. The Kier molecular flexibility index (Phi) is 8.12. The normalized spacial score (nSPS) is 10.2. The number of ether oxygens (including phenoxy) is 2. The molecule has 0 bridgehead atoms. The van der Waals surface area contributed by atoms with Gasteiger partial charge in [-0.25, -0.2) is 0 Å². The molecule has 0 saturated heterocycles. The summed E-state index contributed by atoms with van der Waals surface area (Å²) >= 11 is 6.78. The van der Waals surface area contributed by atoms with Crippen LogP contribution >= 0.6 is 31.9 Å². The molecule has 144 valence electrons. The van der Waals surface area contributed by atoms with Crippen molar-refractivity contribution in [2.45, 2.75) is 20.3 Å².